The normalized spacial score (nSPS) is 17.2. The highest BCUT2D eigenvalue weighted by molar-refractivity contribution is 5.65. The topological polar surface area (TPSA) is 58.3 Å². The molecular formula is C22H22N6. The minimum atomic E-state index is 0.377. The fraction of sp³-hybridized carbons (Fsp3) is 0.227. The highest BCUT2D eigenvalue weighted by Crippen LogP contribution is 2.23. The summed E-state index contributed by atoms with van der Waals surface area (Å²) in [4.78, 5) is 11.4. The van der Waals surface area contributed by atoms with Crippen molar-refractivity contribution in [1.82, 2.24) is 24.5 Å². The molecule has 4 aromatic rings. The summed E-state index contributed by atoms with van der Waals surface area (Å²) in [6, 6.07) is 23.3. The third-order valence-corrected chi connectivity index (χ3v) is 5.19. The van der Waals surface area contributed by atoms with Crippen molar-refractivity contribution in [3.05, 3.63) is 78.6 Å². The van der Waals surface area contributed by atoms with E-state index in [-0.39, 0.29) is 0 Å². The van der Waals surface area contributed by atoms with Crippen molar-refractivity contribution in [3.63, 3.8) is 0 Å². The van der Waals surface area contributed by atoms with Crippen LogP contribution in [-0.4, -0.2) is 43.6 Å². The van der Waals surface area contributed by atoms with Crippen molar-refractivity contribution >= 4 is 11.6 Å². The molecule has 0 saturated carbocycles. The van der Waals surface area contributed by atoms with Crippen molar-refractivity contribution < 1.29 is 0 Å². The van der Waals surface area contributed by atoms with Gasteiger partial charge in [0.15, 0.2) is 0 Å². The van der Waals surface area contributed by atoms with Gasteiger partial charge in [-0.1, -0.05) is 60.7 Å². The molecule has 0 amide bonds. The zero-order valence-electron chi connectivity index (χ0n) is 15.6. The Morgan fingerprint density at radius 2 is 1.79 bits per heavy atom. The van der Waals surface area contributed by atoms with Gasteiger partial charge < -0.3 is 5.32 Å². The smallest absolute Gasteiger partial charge is 0.254 e. The van der Waals surface area contributed by atoms with Crippen LogP contribution in [0.1, 0.15) is 12.0 Å². The van der Waals surface area contributed by atoms with Crippen molar-refractivity contribution in [2.45, 2.75) is 19.0 Å². The molecule has 1 aliphatic heterocycles. The third-order valence-electron chi connectivity index (χ3n) is 5.19. The van der Waals surface area contributed by atoms with Gasteiger partial charge in [0.25, 0.3) is 5.78 Å². The van der Waals surface area contributed by atoms with Crippen molar-refractivity contribution in [1.29, 1.82) is 0 Å². The number of hydrogen-bond donors (Lipinski definition) is 1. The van der Waals surface area contributed by atoms with Gasteiger partial charge in [0, 0.05) is 37.3 Å². The fourth-order valence-electron chi connectivity index (χ4n) is 3.82. The highest BCUT2D eigenvalue weighted by atomic mass is 15.4. The maximum Gasteiger partial charge on any atom is 0.254 e. The van der Waals surface area contributed by atoms with Gasteiger partial charge in [-0.15, -0.1) is 0 Å². The number of benzene rings is 2. The van der Waals surface area contributed by atoms with Crippen LogP contribution in [0, 0.1) is 0 Å². The van der Waals surface area contributed by atoms with Gasteiger partial charge in [-0.05, 0) is 12.0 Å². The first kappa shape index (κ1) is 16.9. The molecule has 1 aliphatic rings. The summed E-state index contributed by atoms with van der Waals surface area (Å²) < 4.78 is 1.78. The lowest BCUT2D eigenvalue weighted by Gasteiger charge is -2.18. The van der Waals surface area contributed by atoms with Gasteiger partial charge in [-0.3, -0.25) is 4.90 Å². The number of anilines is 1. The fourth-order valence-corrected chi connectivity index (χ4v) is 3.82. The van der Waals surface area contributed by atoms with Gasteiger partial charge in [0.1, 0.15) is 12.1 Å². The first-order chi connectivity index (χ1) is 13.8. The van der Waals surface area contributed by atoms with Crippen LogP contribution in [0.15, 0.2) is 73.1 Å². The van der Waals surface area contributed by atoms with E-state index in [1.807, 2.05) is 18.2 Å². The van der Waals surface area contributed by atoms with Crippen LogP contribution >= 0.6 is 0 Å². The summed E-state index contributed by atoms with van der Waals surface area (Å²) in [6.07, 6.45) is 2.66. The largest absolute Gasteiger partial charge is 0.366 e. The molecule has 0 aliphatic carbocycles. The maximum atomic E-state index is 4.65. The van der Waals surface area contributed by atoms with Gasteiger partial charge >= 0.3 is 0 Å². The van der Waals surface area contributed by atoms with Crippen LogP contribution in [0.3, 0.4) is 0 Å². The van der Waals surface area contributed by atoms with Crippen molar-refractivity contribution in [2.75, 3.05) is 18.4 Å². The molecule has 6 nitrogen and oxygen atoms in total. The monoisotopic (exact) mass is 370 g/mol. The second-order valence-electron chi connectivity index (χ2n) is 7.22. The standard InChI is InChI=1S/C22H22N6/c1-3-7-17(8-4-1)14-27-12-11-19(15-27)25-21-13-20(18-9-5-2-6-10-18)26-22-23-16-24-28(21)22/h1-10,13,16,19,25H,11-12,14-15H2. The second-order valence-corrected chi connectivity index (χ2v) is 7.22. The van der Waals surface area contributed by atoms with E-state index in [4.69, 9.17) is 0 Å². The number of rotatable bonds is 5. The lowest BCUT2D eigenvalue weighted by Crippen LogP contribution is -2.27. The molecule has 5 rings (SSSR count). The van der Waals surface area contributed by atoms with Crippen LogP contribution in [0.25, 0.3) is 17.0 Å². The Balaban J connectivity index is 1.36. The minimum absolute atomic E-state index is 0.377. The molecular weight excluding hydrogens is 348 g/mol. The molecule has 1 N–H and O–H groups in total. The Morgan fingerprint density at radius 3 is 2.61 bits per heavy atom. The van der Waals surface area contributed by atoms with Crippen molar-refractivity contribution in [2.24, 2.45) is 0 Å². The predicted octanol–water partition coefficient (Wildman–Crippen LogP) is 3.48. The Hall–Kier alpha value is -3.25. The SMILES string of the molecule is c1ccc(CN2CCC(Nc3cc(-c4ccccc4)nc4ncnn34)C2)cc1. The Kier molecular flexibility index (Phi) is 4.47. The molecule has 1 atom stereocenters. The Labute approximate surface area is 163 Å². The summed E-state index contributed by atoms with van der Waals surface area (Å²) in [7, 11) is 0. The van der Waals surface area contributed by atoms with E-state index in [0.29, 0.717) is 11.8 Å². The summed E-state index contributed by atoms with van der Waals surface area (Å²) in [5.74, 6) is 1.55. The Bertz CT molecular complexity index is 1060. The molecule has 3 heterocycles. The number of nitrogens with zero attached hydrogens (tertiary/aromatic N) is 5. The molecule has 140 valence electrons. The molecule has 0 radical (unpaired) electrons. The van der Waals surface area contributed by atoms with E-state index in [1.54, 1.807) is 10.8 Å². The minimum Gasteiger partial charge on any atom is -0.366 e. The number of nitrogens with one attached hydrogen (secondary N) is 1. The molecule has 28 heavy (non-hydrogen) atoms. The zero-order chi connectivity index (χ0) is 18.8. The lowest BCUT2D eigenvalue weighted by molar-refractivity contribution is 0.328. The number of hydrogen-bond acceptors (Lipinski definition) is 5. The van der Waals surface area contributed by atoms with Crippen LogP contribution in [0.2, 0.25) is 0 Å². The predicted molar refractivity (Wildman–Crippen MR) is 110 cm³/mol. The average molecular weight is 370 g/mol. The van der Waals surface area contributed by atoms with E-state index >= 15 is 0 Å². The molecule has 2 aromatic heterocycles. The first-order valence-corrected chi connectivity index (χ1v) is 9.64. The zero-order valence-corrected chi connectivity index (χ0v) is 15.6. The summed E-state index contributed by atoms with van der Waals surface area (Å²) in [5, 5.41) is 8.02. The third kappa shape index (κ3) is 3.46. The number of fused-ring (bicyclic) bond motifs is 1. The highest BCUT2D eigenvalue weighted by Gasteiger charge is 2.23. The second kappa shape index (κ2) is 7.40. The lowest BCUT2D eigenvalue weighted by atomic mass is 10.1. The van der Waals surface area contributed by atoms with E-state index in [1.165, 1.54) is 5.56 Å². The van der Waals surface area contributed by atoms with Gasteiger partial charge in [0.2, 0.25) is 0 Å². The molecule has 2 aromatic carbocycles. The average Bonchev–Trinajstić information content (AvgIpc) is 3.39. The van der Waals surface area contributed by atoms with Crippen LogP contribution < -0.4 is 5.32 Å². The summed E-state index contributed by atoms with van der Waals surface area (Å²) in [5.41, 5.74) is 3.34. The van der Waals surface area contributed by atoms with E-state index in [2.05, 4.69) is 73.8 Å². The van der Waals surface area contributed by atoms with Crippen molar-refractivity contribution in [3.8, 4) is 11.3 Å². The Morgan fingerprint density at radius 1 is 1.00 bits per heavy atom. The van der Waals surface area contributed by atoms with Gasteiger partial charge in [0.05, 0.1) is 5.69 Å². The maximum absolute atomic E-state index is 4.65. The van der Waals surface area contributed by atoms with Crippen LogP contribution in [0.5, 0.6) is 0 Å². The molecule has 1 saturated heterocycles. The van der Waals surface area contributed by atoms with Crippen LogP contribution in [0.4, 0.5) is 5.82 Å². The van der Waals surface area contributed by atoms with Gasteiger partial charge in [-0.25, -0.2) is 4.98 Å². The van der Waals surface area contributed by atoms with Crippen LogP contribution in [-0.2, 0) is 6.54 Å². The van der Waals surface area contributed by atoms with E-state index in [0.717, 1.165) is 43.1 Å². The summed E-state index contributed by atoms with van der Waals surface area (Å²) in [6.45, 7) is 3.08. The molecule has 0 bridgehead atoms. The quantitative estimate of drug-likeness (QED) is 0.583. The van der Waals surface area contributed by atoms with E-state index < -0.39 is 0 Å². The summed E-state index contributed by atoms with van der Waals surface area (Å²) >= 11 is 0. The first-order valence-electron chi connectivity index (χ1n) is 9.64. The van der Waals surface area contributed by atoms with Gasteiger partial charge in [-0.2, -0.15) is 14.6 Å². The van der Waals surface area contributed by atoms with E-state index in [9.17, 15) is 0 Å². The number of likely N-dealkylation sites (tertiary alicyclic amines) is 1. The molecule has 1 fully saturated rings. The number of aromatic nitrogens is 4. The molecule has 6 heteroatoms. The molecule has 0 spiro atoms. The molecule has 1 unspecified atom stereocenters.